The van der Waals surface area contributed by atoms with Crippen molar-refractivity contribution in [2.24, 2.45) is 0 Å². The molecular formula is C60H98NO7+. The van der Waals surface area contributed by atoms with E-state index in [9.17, 15) is 19.5 Å². The van der Waals surface area contributed by atoms with E-state index in [0.717, 1.165) is 89.9 Å². The van der Waals surface area contributed by atoms with E-state index in [1.165, 1.54) is 57.8 Å². The summed E-state index contributed by atoms with van der Waals surface area (Å²) in [6.45, 7) is 4.44. The first kappa shape index (κ1) is 63.7. The van der Waals surface area contributed by atoms with E-state index in [0.29, 0.717) is 19.3 Å². The van der Waals surface area contributed by atoms with Crippen molar-refractivity contribution < 1.29 is 38.2 Å². The number of carboxylic acid groups (broad SMARTS) is 1. The Kier molecular flexibility index (Phi) is 46.1. The molecule has 0 aromatic carbocycles. The number of nitrogens with zero attached hydrogens (tertiary/aromatic N) is 1. The van der Waals surface area contributed by atoms with Crippen molar-refractivity contribution in [3.05, 3.63) is 122 Å². The van der Waals surface area contributed by atoms with E-state index in [1.54, 1.807) is 0 Å². The number of aliphatic carboxylic acids is 1. The highest BCUT2D eigenvalue weighted by molar-refractivity contribution is 5.72. The average Bonchev–Trinajstić information content (AvgIpc) is 3.30. The molecule has 0 fully saturated rings. The molecule has 0 aromatic rings. The van der Waals surface area contributed by atoms with Crippen molar-refractivity contribution in [3.63, 3.8) is 0 Å². The zero-order chi connectivity index (χ0) is 49.9. The van der Waals surface area contributed by atoms with Crippen LogP contribution in [-0.4, -0.2) is 80.6 Å². The molecule has 0 amide bonds. The summed E-state index contributed by atoms with van der Waals surface area (Å²) in [5.74, 6) is -1.56. The maximum Gasteiger partial charge on any atom is 0.362 e. The summed E-state index contributed by atoms with van der Waals surface area (Å²) in [7, 11) is 5.51. The minimum atomic E-state index is -0.887. The zero-order valence-electron chi connectivity index (χ0n) is 43.8. The summed E-state index contributed by atoms with van der Waals surface area (Å²) in [5, 5.41) is 9.67. The first-order valence-corrected chi connectivity index (χ1v) is 26.6. The smallest absolute Gasteiger partial charge is 0.362 e. The van der Waals surface area contributed by atoms with Gasteiger partial charge in [-0.1, -0.05) is 193 Å². The van der Waals surface area contributed by atoms with Crippen LogP contribution >= 0.6 is 0 Å². The lowest BCUT2D eigenvalue weighted by molar-refractivity contribution is -0.887. The van der Waals surface area contributed by atoms with Crippen LogP contribution in [0, 0.1) is 0 Å². The molecule has 0 rings (SSSR count). The number of esters is 2. The van der Waals surface area contributed by atoms with E-state index in [-0.39, 0.29) is 42.7 Å². The molecule has 0 aliphatic rings. The van der Waals surface area contributed by atoms with Gasteiger partial charge in [0.15, 0.2) is 12.1 Å². The van der Waals surface area contributed by atoms with Crippen LogP contribution in [0.15, 0.2) is 122 Å². The van der Waals surface area contributed by atoms with Gasteiger partial charge in [0.1, 0.15) is 6.61 Å². The summed E-state index contributed by atoms with van der Waals surface area (Å²) in [6, 6.07) is -0.632. The van der Waals surface area contributed by atoms with E-state index in [2.05, 4.69) is 135 Å². The number of carbonyl (C=O) groups is 3. The third-order valence-electron chi connectivity index (χ3n) is 11.1. The summed E-state index contributed by atoms with van der Waals surface area (Å²) in [4.78, 5) is 37.2. The van der Waals surface area contributed by atoms with Gasteiger partial charge in [0.25, 0.3) is 0 Å². The fourth-order valence-electron chi connectivity index (χ4n) is 7.09. The van der Waals surface area contributed by atoms with E-state index in [4.69, 9.17) is 14.2 Å². The molecule has 1 N–H and O–H groups in total. The molecule has 0 bridgehead atoms. The third-order valence-corrected chi connectivity index (χ3v) is 11.1. The Labute approximate surface area is 416 Å². The van der Waals surface area contributed by atoms with Gasteiger partial charge in [-0.3, -0.25) is 9.59 Å². The van der Waals surface area contributed by atoms with Crippen molar-refractivity contribution in [1.29, 1.82) is 0 Å². The predicted molar refractivity (Wildman–Crippen MR) is 289 cm³/mol. The molecule has 68 heavy (non-hydrogen) atoms. The molecule has 2 atom stereocenters. The largest absolute Gasteiger partial charge is 0.477 e. The van der Waals surface area contributed by atoms with Crippen LogP contribution in [0.25, 0.3) is 0 Å². The first-order valence-electron chi connectivity index (χ1n) is 26.6. The highest BCUT2D eigenvalue weighted by atomic mass is 16.6. The predicted octanol–water partition coefficient (Wildman–Crippen LogP) is 15.8. The van der Waals surface area contributed by atoms with E-state index < -0.39 is 18.1 Å². The minimum Gasteiger partial charge on any atom is -0.477 e. The normalized spacial score (nSPS) is 13.8. The molecule has 0 aliphatic heterocycles. The van der Waals surface area contributed by atoms with Gasteiger partial charge in [-0.15, -0.1) is 0 Å². The second-order valence-corrected chi connectivity index (χ2v) is 18.4. The summed E-state index contributed by atoms with van der Waals surface area (Å²) in [5.41, 5.74) is 0. The molecule has 0 heterocycles. The Bertz CT molecular complexity index is 1520. The van der Waals surface area contributed by atoms with Crippen LogP contribution in [0.1, 0.15) is 187 Å². The molecule has 0 aliphatic carbocycles. The number of carbonyl (C=O) groups excluding carboxylic acids is 2. The fraction of sp³-hybridized carbons (Fsp3) is 0.617. The van der Waals surface area contributed by atoms with Gasteiger partial charge in [-0.05, 0) is 96.3 Å². The van der Waals surface area contributed by atoms with Crippen LogP contribution in [0.3, 0.4) is 0 Å². The second kappa shape index (κ2) is 49.2. The van der Waals surface area contributed by atoms with Crippen molar-refractivity contribution in [2.75, 3.05) is 41.0 Å². The molecular weight excluding hydrogens is 847 g/mol. The Morgan fingerprint density at radius 3 is 1.19 bits per heavy atom. The Hall–Kier alpha value is -4.27. The summed E-state index contributed by atoms with van der Waals surface area (Å²) < 4.78 is 17.3. The molecule has 0 spiro atoms. The van der Waals surface area contributed by atoms with Crippen LogP contribution < -0.4 is 0 Å². The Morgan fingerprint density at radius 2 is 0.794 bits per heavy atom. The van der Waals surface area contributed by atoms with Gasteiger partial charge in [0, 0.05) is 19.3 Å². The quantitative estimate of drug-likeness (QED) is 0.0281. The van der Waals surface area contributed by atoms with Crippen LogP contribution in [0.5, 0.6) is 0 Å². The number of unbranched alkanes of at least 4 members (excludes halogenated alkanes) is 12. The number of ether oxygens (including phenoxy) is 3. The fourth-order valence-corrected chi connectivity index (χ4v) is 7.09. The molecule has 8 nitrogen and oxygen atoms in total. The number of allylic oxidation sites excluding steroid dienone is 20. The van der Waals surface area contributed by atoms with Crippen LogP contribution in [0.4, 0.5) is 0 Å². The highest BCUT2D eigenvalue weighted by Gasteiger charge is 2.31. The van der Waals surface area contributed by atoms with Crippen molar-refractivity contribution >= 4 is 17.9 Å². The highest BCUT2D eigenvalue weighted by Crippen LogP contribution is 2.14. The molecule has 0 radical (unpaired) electrons. The minimum absolute atomic E-state index is 0.0341. The molecule has 0 saturated carbocycles. The molecule has 0 saturated heterocycles. The average molecular weight is 945 g/mol. The second-order valence-electron chi connectivity index (χ2n) is 18.4. The maximum atomic E-state index is 12.8. The molecule has 2 unspecified atom stereocenters. The number of rotatable bonds is 46. The third kappa shape index (κ3) is 46.8. The lowest BCUT2D eigenvalue weighted by Crippen LogP contribution is -2.50. The number of likely N-dealkylation sites (N-methyl/N-ethyl adjacent to an activating group) is 1. The SMILES string of the molecule is CC/C=C/C/C=C/C/C=C/C/C=C/C/C=C/C/C=C/C/C=C/CCCC(=O)OCC(COCCC(C(=O)O)[N+](C)(C)C)OC(=O)CCCCCCCCCCCCC/C=C/C/C=C/C/C=C/CC. The zero-order valence-corrected chi connectivity index (χ0v) is 43.8. The lowest BCUT2D eigenvalue weighted by Gasteiger charge is -2.31. The van der Waals surface area contributed by atoms with Gasteiger partial charge < -0.3 is 23.8 Å². The van der Waals surface area contributed by atoms with Crippen molar-refractivity contribution in [3.8, 4) is 0 Å². The number of hydrogen-bond donors (Lipinski definition) is 1. The number of quaternary nitrogens is 1. The van der Waals surface area contributed by atoms with Gasteiger partial charge in [0.05, 0.1) is 34.4 Å². The summed E-state index contributed by atoms with van der Waals surface area (Å²) in [6.07, 6.45) is 69.7. The van der Waals surface area contributed by atoms with Gasteiger partial charge in [-0.25, -0.2) is 4.79 Å². The molecule has 0 aromatic heterocycles. The van der Waals surface area contributed by atoms with Gasteiger partial charge in [-0.2, -0.15) is 0 Å². The maximum absolute atomic E-state index is 12.8. The number of carboxylic acids is 1. The van der Waals surface area contributed by atoms with E-state index >= 15 is 0 Å². The Balaban J connectivity index is 4.35. The van der Waals surface area contributed by atoms with Crippen LogP contribution in [0.2, 0.25) is 0 Å². The van der Waals surface area contributed by atoms with E-state index in [1.807, 2.05) is 21.1 Å². The topological polar surface area (TPSA) is 99.1 Å². The standard InChI is InChI=1S/C60H97NO7/c1-6-8-10-12-14-16-18-20-22-24-26-28-29-31-32-34-36-38-40-42-44-46-48-50-58(62)67-55-56(54-66-53-52-57(60(64)65)61(3,4)5)68-59(63)51-49-47-45-43-41-39-37-35-33-30-27-25-23-21-19-17-15-13-11-9-7-2/h8-11,14-17,20-23,26,28,31-32,36,38,42,44,56-57H,6-7,12-13,18-19,24-25,27,29-30,33-35,37,39-41,43,45-55H2,1-5H3/p+1/b10-8+,11-9+,16-14+,17-15+,22-20+,23-21+,28-26+,32-31+,38-36+,44-42+. The molecule has 384 valence electrons. The lowest BCUT2D eigenvalue weighted by atomic mass is 10.0. The monoisotopic (exact) mass is 945 g/mol. The van der Waals surface area contributed by atoms with Gasteiger partial charge in [0.2, 0.25) is 0 Å². The summed E-state index contributed by atoms with van der Waals surface area (Å²) >= 11 is 0. The van der Waals surface area contributed by atoms with Crippen LogP contribution in [-0.2, 0) is 28.6 Å². The first-order chi connectivity index (χ1) is 33.1. The van der Waals surface area contributed by atoms with Crippen molar-refractivity contribution in [2.45, 2.75) is 199 Å². The molecule has 8 heteroatoms. The Morgan fingerprint density at radius 1 is 0.441 bits per heavy atom. The van der Waals surface area contributed by atoms with Crippen molar-refractivity contribution in [1.82, 2.24) is 0 Å². The van der Waals surface area contributed by atoms with Gasteiger partial charge >= 0.3 is 17.9 Å². The number of hydrogen-bond acceptors (Lipinski definition) is 6.